The van der Waals surface area contributed by atoms with Gasteiger partial charge in [-0.1, -0.05) is 32.0 Å². The van der Waals surface area contributed by atoms with Gasteiger partial charge in [-0.2, -0.15) is 0 Å². The predicted octanol–water partition coefficient (Wildman–Crippen LogP) is 4.53. The number of halogens is 1. The van der Waals surface area contributed by atoms with Crippen LogP contribution in [0.1, 0.15) is 31.4 Å². The van der Waals surface area contributed by atoms with Crippen LogP contribution >= 0.6 is 0 Å². The summed E-state index contributed by atoms with van der Waals surface area (Å²) in [7, 11) is 1.66. The standard InChI is InChI=1S/C17H17FO/c1-4-17(2)13-6-5-7-15(18)16(13)12-9-8-11(19-3)10-14(12)17/h5-10H,4H2,1-3H3. The molecule has 0 aliphatic heterocycles. The van der Waals surface area contributed by atoms with Gasteiger partial charge in [-0.05, 0) is 41.3 Å². The molecule has 0 heterocycles. The predicted molar refractivity (Wildman–Crippen MR) is 75.1 cm³/mol. The summed E-state index contributed by atoms with van der Waals surface area (Å²) in [5.74, 6) is 0.688. The molecule has 0 aromatic heterocycles. The van der Waals surface area contributed by atoms with Crippen molar-refractivity contribution < 1.29 is 9.13 Å². The van der Waals surface area contributed by atoms with E-state index in [1.165, 1.54) is 6.07 Å². The number of hydrogen-bond donors (Lipinski definition) is 0. The fourth-order valence-electron chi connectivity index (χ4n) is 3.11. The number of rotatable bonds is 2. The average molecular weight is 256 g/mol. The lowest BCUT2D eigenvalue weighted by atomic mass is 9.78. The van der Waals surface area contributed by atoms with E-state index in [1.54, 1.807) is 13.2 Å². The van der Waals surface area contributed by atoms with E-state index in [0.29, 0.717) is 0 Å². The van der Waals surface area contributed by atoms with Crippen molar-refractivity contribution in [2.45, 2.75) is 25.7 Å². The molecule has 0 fully saturated rings. The first-order chi connectivity index (χ1) is 9.11. The zero-order chi connectivity index (χ0) is 13.6. The average Bonchev–Trinajstić information content (AvgIpc) is 2.70. The molecule has 1 unspecified atom stereocenters. The minimum atomic E-state index is -0.138. The molecule has 19 heavy (non-hydrogen) atoms. The van der Waals surface area contributed by atoms with Crippen molar-refractivity contribution in [3.05, 3.63) is 53.3 Å². The highest BCUT2D eigenvalue weighted by Crippen LogP contribution is 2.52. The van der Waals surface area contributed by atoms with Gasteiger partial charge in [0, 0.05) is 11.0 Å². The minimum absolute atomic E-state index is 0.138. The van der Waals surface area contributed by atoms with Crippen LogP contribution < -0.4 is 4.74 Å². The van der Waals surface area contributed by atoms with E-state index in [9.17, 15) is 4.39 Å². The second kappa shape index (κ2) is 4.09. The Morgan fingerprint density at radius 2 is 1.95 bits per heavy atom. The molecule has 0 bridgehead atoms. The molecule has 2 aromatic carbocycles. The number of hydrogen-bond acceptors (Lipinski definition) is 1. The molecule has 0 amide bonds. The second-order valence-electron chi connectivity index (χ2n) is 5.26. The van der Waals surface area contributed by atoms with Crippen molar-refractivity contribution in [2.24, 2.45) is 0 Å². The Labute approximate surface area is 113 Å². The van der Waals surface area contributed by atoms with Crippen LogP contribution in [0.2, 0.25) is 0 Å². The maximum Gasteiger partial charge on any atom is 0.131 e. The first-order valence-electron chi connectivity index (χ1n) is 6.59. The van der Waals surface area contributed by atoms with Crippen LogP contribution in [0.25, 0.3) is 11.1 Å². The summed E-state index contributed by atoms with van der Waals surface area (Å²) in [4.78, 5) is 0. The molecule has 2 heteroatoms. The highest BCUT2D eigenvalue weighted by atomic mass is 19.1. The van der Waals surface area contributed by atoms with Crippen LogP contribution in [0.15, 0.2) is 36.4 Å². The van der Waals surface area contributed by atoms with Crippen LogP contribution in [-0.4, -0.2) is 7.11 Å². The Balaban J connectivity index is 2.36. The Bertz CT molecular complexity index is 648. The van der Waals surface area contributed by atoms with Crippen LogP contribution in [0.3, 0.4) is 0 Å². The summed E-state index contributed by atoms with van der Waals surface area (Å²) in [5.41, 5.74) is 3.86. The maximum atomic E-state index is 14.2. The summed E-state index contributed by atoms with van der Waals surface area (Å²) < 4.78 is 19.5. The highest BCUT2D eigenvalue weighted by molar-refractivity contribution is 5.81. The van der Waals surface area contributed by atoms with Crippen LogP contribution in [0.4, 0.5) is 4.39 Å². The molecule has 0 saturated carbocycles. The third-order valence-electron chi connectivity index (χ3n) is 4.41. The number of benzene rings is 2. The minimum Gasteiger partial charge on any atom is -0.497 e. The smallest absolute Gasteiger partial charge is 0.131 e. The molecule has 1 aliphatic rings. The third kappa shape index (κ3) is 1.52. The van der Waals surface area contributed by atoms with Gasteiger partial charge in [0.05, 0.1) is 7.11 Å². The fraction of sp³-hybridized carbons (Fsp3) is 0.294. The van der Waals surface area contributed by atoms with E-state index in [0.717, 1.165) is 34.4 Å². The molecule has 0 N–H and O–H groups in total. The first kappa shape index (κ1) is 12.2. The topological polar surface area (TPSA) is 9.23 Å². The lowest BCUT2D eigenvalue weighted by molar-refractivity contribution is 0.413. The molecule has 98 valence electrons. The largest absolute Gasteiger partial charge is 0.497 e. The second-order valence-corrected chi connectivity index (χ2v) is 5.26. The Morgan fingerprint density at radius 1 is 1.16 bits per heavy atom. The molecule has 1 atom stereocenters. The molecular formula is C17H17FO. The Hall–Kier alpha value is -1.83. The summed E-state index contributed by atoms with van der Waals surface area (Å²) >= 11 is 0. The van der Waals surface area contributed by atoms with Crippen molar-refractivity contribution in [3.8, 4) is 16.9 Å². The number of fused-ring (bicyclic) bond motifs is 3. The van der Waals surface area contributed by atoms with Crippen molar-refractivity contribution in [3.63, 3.8) is 0 Å². The van der Waals surface area contributed by atoms with Gasteiger partial charge in [0.15, 0.2) is 0 Å². The van der Waals surface area contributed by atoms with Gasteiger partial charge in [0.25, 0.3) is 0 Å². The van der Waals surface area contributed by atoms with E-state index in [4.69, 9.17) is 4.74 Å². The Kier molecular flexibility index (Phi) is 2.63. The molecule has 0 radical (unpaired) electrons. The third-order valence-corrected chi connectivity index (χ3v) is 4.41. The summed E-state index contributed by atoms with van der Waals surface area (Å²) in [6, 6.07) is 11.3. The molecule has 1 nitrogen and oxygen atoms in total. The van der Waals surface area contributed by atoms with Crippen molar-refractivity contribution in [1.82, 2.24) is 0 Å². The van der Waals surface area contributed by atoms with Crippen LogP contribution in [0.5, 0.6) is 5.75 Å². The zero-order valence-corrected chi connectivity index (χ0v) is 11.5. The van der Waals surface area contributed by atoms with E-state index >= 15 is 0 Å². The van der Waals surface area contributed by atoms with Crippen LogP contribution in [-0.2, 0) is 5.41 Å². The molecule has 2 aromatic rings. The van der Waals surface area contributed by atoms with Crippen molar-refractivity contribution in [1.29, 1.82) is 0 Å². The van der Waals surface area contributed by atoms with Gasteiger partial charge in [0.1, 0.15) is 11.6 Å². The fourth-order valence-corrected chi connectivity index (χ4v) is 3.11. The molecule has 0 saturated heterocycles. The summed E-state index contributed by atoms with van der Waals surface area (Å²) in [6.45, 7) is 4.32. The summed E-state index contributed by atoms with van der Waals surface area (Å²) in [6.07, 6.45) is 0.934. The summed E-state index contributed by atoms with van der Waals surface area (Å²) in [5, 5.41) is 0. The molecular weight excluding hydrogens is 239 g/mol. The molecule has 1 aliphatic carbocycles. The lowest BCUT2D eigenvalue weighted by Gasteiger charge is -2.25. The monoisotopic (exact) mass is 256 g/mol. The zero-order valence-electron chi connectivity index (χ0n) is 11.5. The van der Waals surface area contributed by atoms with Gasteiger partial charge in [-0.15, -0.1) is 0 Å². The van der Waals surface area contributed by atoms with Gasteiger partial charge in [-0.3, -0.25) is 0 Å². The number of ether oxygens (including phenoxy) is 1. The first-order valence-corrected chi connectivity index (χ1v) is 6.59. The Morgan fingerprint density at radius 3 is 2.63 bits per heavy atom. The van der Waals surface area contributed by atoms with E-state index in [-0.39, 0.29) is 11.2 Å². The maximum absolute atomic E-state index is 14.2. The van der Waals surface area contributed by atoms with Gasteiger partial charge >= 0.3 is 0 Å². The normalized spacial score (nSPS) is 20.0. The van der Waals surface area contributed by atoms with E-state index < -0.39 is 0 Å². The van der Waals surface area contributed by atoms with Gasteiger partial charge in [-0.25, -0.2) is 4.39 Å². The quantitative estimate of drug-likeness (QED) is 0.767. The lowest BCUT2D eigenvalue weighted by Crippen LogP contribution is -2.19. The van der Waals surface area contributed by atoms with Crippen LogP contribution in [0, 0.1) is 5.82 Å². The van der Waals surface area contributed by atoms with E-state index in [1.807, 2.05) is 24.3 Å². The molecule has 3 rings (SSSR count). The van der Waals surface area contributed by atoms with E-state index in [2.05, 4.69) is 13.8 Å². The van der Waals surface area contributed by atoms with Crippen molar-refractivity contribution >= 4 is 0 Å². The molecule has 0 spiro atoms. The highest BCUT2D eigenvalue weighted by Gasteiger charge is 2.39. The van der Waals surface area contributed by atoms with Crippen molar-refractivity contribution in [2.75, 3.05) is 7.11 Å². The van der Waals surface area contributed by atoms with Gasteiger partial charge in [0.2, 0.25) is 0 Å². The SMILES string of the molecule is CCC1(C)c2cc(OC)ccc2-c2c(F)cccc21. The van der Waals surface area contributed by atoms with Gasteiger partial charge < -0.3 is 4.74 Å². The number of methoxy groups -OCH3 is 1.